The first-order chi connectivity index (χ1) is 19.1. The summed E-state index contributed by atoms with van der Waals surface area (Å²) < 4.78 is 39.5. The number of esters is 1. The van der Waals surface area contributed by atoms with Crippen molar-refractivity contribution in [3.63, 3.8) is 0 Å². The van der Waals surface area contributed by atoms with Crippen LogP contribution in [-0.4, -0.2) is 49.2 Å². The smallest absolute Gasteiger partial charge is 0.408 e. The van der Waals surface area contributed by atoms with Gasteiger partial charge in [-0.15, -0.1) is 0 Å². The summed E-state index contributed by atoms with van der Waals surface area (Å²) in [5, 5.41) is 2.76. The molecule has 0 spiro atoms. The van der Waals surface area contributed by atoms with Crippen molar-refractivity contribution in [2.45, 2.75) is 51.0 Å². The molecular formula is C30H33N3O6S. The maximum Gasteiger partial charge on any atom is 0.408 e. The third kappa shape index (κ3) is 7.06. The molecule has 40 heavy (non-hydrogen) atoms. The topological polar surface area (TPSA) is 114 Å². The number of aryl methyl sites for hydroxylation is 1. The Morgan fingerprint density at radius 3 is 2.00 bits per heavy atom. The number of carbonyl (C=O) groups excluding carboxylic acids is 2. The van der Waals surface area contributed by atoms with E-state index in [1.807, 2.05) is 81.4 Å². The van der Waals surface area contributed by atoms with Crippen LogP contribution in [0.4, 0.5) is 4.79 Å². The van der Waals surface area contributed by atoms with Crippen LogP contribution in [-0.2, 0) is 37.5 Å². The summed E-state index contributed by atoms with van der Waals surface area (Å²) in [6.45, 7) is 5.33. The van der Waals surface area contributed by atoms with Gasteiger partial charge < -0.3 is 14.8 Å². The molecule has 0 bridgehead atoms. The number of benzene rings is 3. The van der Waals surface area contributed by atoms with E-state index in [9.17, 15) is 18.0 Å². The van der Waals surface area contributed by atoms with Gasteiger partial charge in [0.15, 0.2) is 6.04 Å². The Bertz CT molecular complexity index is 1440. The molecule has 0 saturated carbocycles. The monoisotopic (exact) mass is 563 g/mol. The molecule has 0 saturated heterocycles. The minimum absolute atomic E-state index is 0.0312. The van der Waals surface area contributed by atoms with Crippen LogP contribution >= 0.6 is 0 Å². The Morgan fingerprint density at radius 2 is 1.45 bits per heavy atom. The number of ether oxygens (including phenoxy) is 2. The van der Waals surface area contributed by atoms with Gasteiger partial charge >= 0.3 is 12.1 Å². The summed E-state index contributed by atoms with van der Waals surface area (Å²) in [6.07, 6.45) is -0.729. The predicted molar refractivity (Wildman–Crippen MR) is 151 cm³/mol. The molecule has 0 aliphatic carbocycles. The predicted octanol–water partition coefficient (Wildman–Crippen LogP) is 4.46. The number of carbonyl (C=O) groups is 2. The number of alkyl carbamates (subject to hydrolysis) is 1. The highest BCUT2D eigenvalue weighted by Crippen LogP contribution is 2.26. The zero-order valence-electron chi connectivity index (χ0n) is 22.7. The summed E-state index contributed by atoms with van der Waals surface area (Å²) in [7, 11) is -4.11. The van der Waals surface area contributed by atoms with E-state index in [-0.39, 0.29) is 36.4 Å². The molecule has 0 unspecified atom stereocenters. The van der Waals surface area contributed by atoms with Crippen molar-refractivity contribution in [1.29, 1.82) is 0 Å². The zero-order valence-corrected chi connectivity index (χ0v) is 23.5. The van der Waals surface area contributed by atoms with Gasteiger partial charge in [0.05, 0.1) is 17.5 Å². The van der Waals surface area contributed by atoms with Gasteiger partial charge in [-0.05, 0) is 36.1 Å². The lowest BCUT2D eigenvalue weighted by Gasteiger charge is -2.29. The van der Waals surface area contributed by atoms with Crippen LogP contribution in [0.3, 0.4) is 0 Å². The van der Waals surface area contributed by atoms with Gasteiger partial charge in [-0.25, -0.2) is 22.3 Å². The largest absolute Gasteiger partial charge is 0.459 e. The summed E-state index contributed by atoms with van der Waals surface area (Å²) in [5.41, 5.74) is 2.51. The van der Waals surface area contributed by atoms with Crippen LogP contribution in [0.1, 0.15) is 30.5 Å². The Labute approximate surface area is 234 Å². The van der Waals surface area contributed by atoms with E-state index in [4.69, 9.17) is 9.47 Å². The van der Waals surface area contributed by atoms with Crippen LogP contribution in [0.5, 0.6) is 0 Å². The molecule has 1 heterocycles. The van der Waals surface area contributed by atoms with Gasteiger partial charge in [0.1, 0.15) is 19.0 Å². The molecule has 2 atom stereocenters. The number of sulfonamides is 1. The lowest BCUT2D eigenvalue weighted by Crippen LogP contribution is -2.51. The number of amidine groups is 1. The number of nitrogens with one attached hydrogen (secondary N) is 1. The number of nitrogens with zero attached hydrogens (tertiary/aromatic N) is 2. The number of rotatable bonds is 10. The van der Waals surface area contributed by atoms with Crippen LogP contribution in [0.2, 0.25) is 0 Å². The minimum Gasteiger partial charge on any atom is -0.459 e. The standard InChI is InChI=1S/C30H33N3O6S/c1-21(2)27(32-30(35)39-20-24-12-8-5-9-13-24)28-31-26(29(34)38-19-23-10-6-4-7-11-23)18-33(28)40(36,37)25-16-14-22(3)15-17-25/h4-17,21,26-27H,18-20H2,1-3H3,(H,32,35)/t26-,27-/m0/s1. The van der Waals surface area contributed by atoms with Crippen molar-refractivity contribution >= 4 is 27.9 Å². The van der Waals surface area contributed by atoms with E-state index in [0.29, 0.717) is 0 Å². The first-order valence-electron chi connectivity index (χ1n) is 13.0. The summed E-state index contributed by atoms with van der Waals surface area (Å²) >= 11 is 0. The maximum atomic E-state index is 13.8. The Balaban J connectivity index is 1.58. The summed E-state index contributed by atoms with van der Waals surface area (Å²) in [6, 6.07) is 22.8. The fraction of sp³-hybridized carbons (Fsp3) is 0.300. The minimum atomic E-state index is -4.11. The Hall–Kier alpha value is -4.18. The average molecular weight is 564 g/mol. The molecule has 1 amide bonds. The second-order valence-electron chi connectivity index (χ2n) is 9.87. The number of hydrogen-bond acceptors (Lipinski definition) is 7. The van der Waals surface area contributed by atoms with Gasteiger partial charge in [0.2, 0.25) is 0 Å². The quantitative estimate of drug-likeness (QED) is 0.364. The normalized spacial score (nSPS) is 15.8. The van der Waals surface area contributed by atoms with Crippen LogP contribution in [0, 0.1) is 12.8 Å². The van der Waals surface area contributed by atoms with E-state index in [0.717, 1.165) is 21.0 Å². The second-order valence-corrected chi connectivity index (χ2v) is 11.7. The molecular weight excluding hydrogens is 530 g/mol. The first-order valence-corrected chi connectivity index (χ1v) is 14.4. The van der Waals surface area contributed by atoms with E-state index in [1.165, 1.54) is 12.1 Å². The molecule has 0 radical (unpaired) electrons. The lowest BCUT2D eigenvalue weighted by molar-refractivity contribution is -0.146. The fourth-order valence-corrected chi connectivity index (χ4v) is 5.66. The molecule has 10 heteroatoms. The van der Waals surface area contributed by atoms with Crippen molar-refractivity contribution in [3.8, 4) is 0 Å². The highest BCUT2D eigenvalue weighted by atomic mass is 32.2. The molecule has 1 N–H and O–H groups in total. The Morgan fingerprint density at radius 1 is 0.900 bits per heavy atom. The number of amides is 1. The fourth-order valence-electron chi connectivity index (χ4n) is 4.18. The second kappa shape index (κ2) is 12.8. The molecule has 1 aliphatic rings. The first kappa shape index (κ1) is 28.8. The van der Waals surface area contributed by atoms with Crippen molar-refractivity contribution < 1.29 is 27.5 Å². The maximum absolute atomic E-state index is 13.8. The van der Waals surface area contributed by atoms with Crippen molar-refractivity contribution in [2.75, 3.05) is 6.54 Å². The number of aliphatic imine (C=N–C) groups is 1. The van der Waals surface area contributed by atoms with Gasteiger partial charge in [-0.1, -0.05) is 92.2 Å². The van der Waals surface area contributed by atoms with Crippen LogP contribution < -0.4 is 5.32 Å². The molecule has 4 rings (SSSR count). The number of hydrogen-bond donors (Lipinski definition) is 1. The van der Waals surface area contributed by atoms with E-state index in [1.54, 1.807) is 12.1 Å². The van der Waals surface area contributed by atoms with E-state index in [2.05, 4.69) is 10.3 Å². The van der Waals surface area contributed by atoms with Crippen LogP contribution in [0.25, 0.3) is 0 Å². The molecule has 210 valence electrons. The molecule has 3 aromatic rings. The van der Waals surface area contributed by atoms with Gasteiger partial charge in [-0.3, -0.25) is 4.99 Å². The van der Waals surface area contributed by atoms with E-state index < -0.39 is 34.2 Å². The third-order valence-corrected chi connectivity index (χ3v) is 8.20. The van der Waals surface area contributed by atoms with Crippen molar-refractivity contribution in [1.82, 2.24) is 9.62 Å². The molecule has 9 nitrogen and oxygen atoms in total. The van der Waals surface area contributed by atoms with Crippen molar-refractivity contribution in [3.05, 3.63) is 102 Å². The average Bonchev–Trinajstić information content (AvgIpc) is 3.41. The molecule has 3 aromatic carbocycles. The molecule has 0 aromatic heterocycles. The highest BCUT2D eigenvalue weighted by molar-refractivity contribution is 7.89. The SMILES string of the molecule is Cc1ccc(S(=O)(=O)N2C[C@@H](C(=O)OCc3ccccc3)N=C2[C@@H](NC(=O)OCc2ccccc2)C(C)C)cc1. The Kier molecular flexibility index (Phi) is 9.21. The van der Waals surface area contributed by atoms with Gasteiger partial charge in [0.25, 0.3) is 10.0 Å². The lowest BCUT2D eigenvalue weighted by atomic mass is 10.0. The highest BCUT2D eigenvalue weighted by Gasteiger charge is 2.43. The summed E-state index contributed by atoms with van der Waals surface area (Å²) in [4.78, 5) is 30.4. The molecule has 0 fully saturated rings. The zero-order chi connectivity index (χ0) is 28.7. The van der Waals surface area contributed by atoms with Crippen molar-refractivity contribution in [2.24, 2.45) is 10.9 Å². The van der Waals surface area contributed by atoms with Crippen LogP contribution in [0.15, 0.2) is 94.8 Å². The van der Waals surface area contributed by atoms with Gasteiger partial charge in [-0.2, -0.15) is 0 Å². The van der Waals surface area contributed by atoms with E-state index >= 15 is 0 Å². The summed E-state index contributed by atoms with van der Waals surface area (Å²) in [5.74, 6) is -0.885. The van der Waals surface area contributed by atoms with Gasteiger partial charge in [0, 0.05) is 0 Å². The third-order valence-electron chi connectivity index (χ3n) is 6.42. The molecule has 1 aliphatic heterocycles.